The predicted octanol–water partition coefficient (Wildman–Crippen LogP) is 3.25. The van der Waals surface area contributed by atoms with Crippen molar-refractivity contribution in [3.8, 4) is 0 Å². The largest absolute Gasteiger partial charge is 0.329 e. The molecular weight excluding hydrogens is 273 g/mol. The SMILES string of the molecule is CC(C)(C)C(=O)C(Cl)NC(=O)c1ccc(Cl)cc1. The smallest absolute Gasteiger partial charge is 0.252 e. The van der Waals surface area contributed by atoms with Gasteiger partial charge in [0, 0.05) is 16.0 Å². The molecule has 1 aromatic rings. The predicted molar refractivity (Wildman–Crippen MR) is 73.0 cm³/mol. The molecule has 0 fully saturated rings. The molecule has 0 spiro atoms. The van der Waals surface area contributed by atoms with Crippen LogP contribution in [0, 0.1) is 5.41 Å². The van der Waals surface area contributed by atoms with Crippen molar-refractivity contribution in [1.29, 1.82) is 0 Å². The van der Waals surface area contributed by atoms with E-state index in [1.165, 1.54) is 0 Å². The number of carbonyl (C=O) groups is 2. The molecule has 1 N–H and O–H groups in total. The molecule has 0 radical (unpaired) electrons. The molecule has 0 aliphatic rings. The van der Waals surface area contributed by atoms with E-state index in [4.69, 9.17) is 23.2 Å². The molecule has 98 valence electrons. The van der Waals surface area contributed by atoms with Gasteiger partial charge in [-0.3, -0.25) is 9.59 Å². The van der Waals surface area contributed by atoms with E-state index in [2.05, 4.69) is 5.32 Å². The second kappa shape index (κ2) is 5.72. The van der Waals surface area contributed by atoms with Gasteiger partial charge in [0.05, 0.1) is 0 Å². The van der Waals surface area contributed by atoms with E-state index < -0.39 is 16.8 Å². The van der Waals surface area contributed by atoms with Gasteiger partial charge in [0.1, 0.15) is 0 Å². The average molecular weight is 288 g/mol. The third kappa shape index (κ3) is 4.00. The Bertz CT molecular complexity index is 449. The van der Waals surface area contributed by atoms with Gasteiger partial charge in [0.2, 0.25) is 0 Å². The summed E-state index contributed by atoms with van der Waals surface area (Å²) in [6.45, 7) is 5.25. The van der Waals surface area contributed by atoms with Gasteiger partial charge in [-0.15, -0.1) is 0 Å². The van der Waals surface area contributed by atoms with Crippen molar-refractivity contribution in [3.63, 3.8) is 0 Å². The lowest BCUT2D eigenvalue weighted by atomic mass is 9.90. The third-order valence-corrected chi connectivity index (χ3v) is 2.89. The molecule has 0 aliphatic heterocycles. The maximum atomic E-state index is 11.8. The second-order valence-electron chi connectivity index (χ2n) is 4.96. The van der Waals surface area contributed by atoms with Gasteiger partial charge >= 0.3 is 0 Å². The highest BCUT2D eigenvalue weighted by molar-refractivity contribution is 6.32. The Labute approximate surface area is 116 Å². The van der Waals surface area contributed by atoms with E-state index >= 15 is 0 Å². The van der Waals surface area contributed by atoms with Gasteiger partial charge in [-0.05, 0) is 24.3 Å². The zero-order valence-electron chi connectivity index (χ0n) is 10.5. The minimum Gasteiger partial charge on any atom is -0.329 e. The van der Waals surface area contributed by atoms with E-state index in [0.717, 1.165) is 0 Å². The van der Waals surface area contributed by atoms with Crippen LogP contribution >= 0.6 is 23.2 Å². The van der Waals surface area contributed by atoms with Crippen molar-refractivity contribution in [2.75, 3.05) is 0 Å². The van der Waals surface area contributed by atoms with Crippen LogP contribution in [0.15, 0.2) is 24.3 Å². The minimum atomic E-state index is -1.03. The highest BCUT2D eigenvalue weighted by Crippen LogP contribution is 2.19. The Morgan fingerprint density at radius 2 is 1.67 bits per heavy atom. The zero-order valence-corrected chi connectivity index (χ0v) is 12.0. The Morgan fingerprint density at radius 3 is 2.11 bits per heavy atom. The van der Waals surface area contributed by atoms with Crippen LogP contribution in [0.1, 0.15) is 31.1 Å². The number of alkyl halides is 1. The van der Waals surface area contributed by atoms with Crippen LogP contribution in [0.3, 0.4) is 0 Å². The summed E-state index contributed by atoms with van der Waals surface area (Å²) in [5.41, 5.74) is -1.22. The van der Waals surface area contributed by atoms with Crippen molar-refractivity contribution >= 4 is 34.9 Å². The molecule has 0 bridgehead atoms. The molecule has 1 atom stereocenters. The summed E-state index contributed by atoms with van der Waals surface area (Å²) in [7, 11) is 0. The number of hydrogen-bond acceptors (Lipinski definition) is 2. The average Bonchev–Trinajstić information content (AvgIpc) is 2.27. The monoisotopic (exact) mass is 287 g/mol. The lowest BCUT2D eigenvalue weighted by molar-refractivity contribution is -0.126. The molecule has 3 nitrogen and oxygen atoms in total. The van der Waals surface area contributed by atoms with E-state index in [-0.39, 0.29) is 5.78 Å². The minimum absolute atomic E-state index is 0.230. The van der Waals surface area contributed by atoms with Crippen LogP contribution in [-0.2, 0) is 4.79 Å². The van der Waals surface area contributed by atoms with Crippen molar-refractivity contribution in [1.82, 2.24) is 5.32 Å². The molecule has 0 aliphatic carbocycles. The number of benzene rings is 1. The lowest BCUT2D eigenvalue weighted by Gasteiger charge is -2.21. The summed E-state index contributed by atoms with van der Waals surface area (Å²) < 4.78 is 0. The number of carbonyl (C=O) groups excluding carboxylic acids is 2. The van der Waals surface area contributed by atoms with Gasteiger partial charge in [-0.1, -0.05) is 44.0 Å². The Kier molecular flexibility index (Phi) is 4.77. The van der Waals surface area contributed by atoms with Gasteiger partial charge in [0.15, 0.2) is 11.3 Å². The first-order valence-electron chi connectivity index (χ1n) is 5.46. The Balaban J connectivity index is 2.71. The molecular formula is C13H15Cl2NO2. The fraction of sp³-hybridized carbons (Fsp3) is 0.385. The number of ketones is 1. The van der Waals surface area contributed by atoms with Crippen LogP contribution in [0.25, 0.3) is 0 Å². The number of rotatable bonds is 3. The summed E-state index contributed by atoms with van der Waals surface area (Å²) in [4.78, 5) is 23.6. The molecule has 1 amide bonds. The standard InChI is InChI=1S/C13H15Cl2NO2/c1-13(2,3)10(17)11(15)16-12(18)8-4-6-9(14)7-5-8/h4-7,11H,1-3H3,(H,16,18). The normalized spacial score (nSPS) is 12.9. The Hall–Kier alpha value is -1.06. The first-order valence-corrected chi connectivity index (χ1v) is 6.28. The number of halogens is 2. The van der Waals surface area contributed by atoms with Crippen molar-refractivity contribution in [2.24, 2.45) is 5.41 Å². The van der Waals surface area contributed by atoms with Crippen LogP contribution < -0.4 is 5.32 Å². The molecule has 18 heavy (non-hydrogen) atoms. The topological polar surface area (TPSA) is 46.2 Å². The maximum absolute atomic E-state index is 11.8. The molecule has 1 rings (SSSR count). The van der Waals surface area contributed by atoms with Crippen LogP contribution in [0.4, 0.5) is 0 Å². The highest BCUT2D eigenvalue weighted by Gasteiger charge is 2.29. The second-order valence-corrected chi connectivity index (χ2v) is 5.83. The molecule has 1 unspecified atom stereocenters. The molecule has 0 saturated heterocycles. The van der Waals surface area contributed by atoms with Crippen LogP contribution in [0.5, 0.6) is 0 Å². The molecule has 0 heterocycles. The lowest BCUT2D eigenvalue weighted by Crippen LogP contribution is -2.42. The fourth-order valence-electron chi connectivity index (χ4n) is 1.25. The van der Waals surface area contributed by atoms with Gasteiger partial charge in [-0.2, -0.15) is 0 Å². The first kappa shape index (κ1) is 15.0. The summed E-state index contributed by atoms with van der Waals surface area (Å²) in [6.07, 6.45) is 0. The summed E-state index contributed by atoms with van der Waals surface area (Å²) >= 11 is 11.6. The van der Waals surface area contributed by atoms with Gasteiger partial charge < -0.3 is 5.32 Å². The number of nitrogens with one attached hydrogen (secondary N) is 1. The number of amides is 1. The van der Waals surface area contributed by atoms with Gasteiger partial charge in [-0.25, -0.2) is 0 Å². The Morgan fingerprint density at radius 1 is 1.17 bits per heavy atom. The maximum Gasteiger partial charge on any atom is 0.252 e. The van der Waals surface area contributed by atoms with Crippen LogP contribution in [0.2, 0.25) is 5.02 Å². The number of Topliss-reactive ketones (excluding diaryl/α,β-unsaturated/α-hetero) is 1. The summed E-state index contributed by atoms with van der Waals surface area (Å²) in [6, 6.07) is 6.35. The third-order valence-electron chi connectivity index (χ3n) is 2.33. The quantitative estimate of drug-likeness (QED) is 0.685. The van der Waals surface area contributed by atoms with Crippen molar-refractivity contribution < 1.29 is 9.59 Å². The molecule has 0 saturated carbocycles. The van der Waals surface area contributed by atoms with E-state index in [1.807, 2.05) is 0 Å². The summed E-state index contributed by atoms with van der Waals surface area (Å²) in [5.74, 6) is -0.629. The van der Waals surface area contributed by atoms with E-state index in [0.29, 0.717) is 10.6 Å². The van der Waals surface area contributed by atoms with E-state index in [1.54, 1.807) is 45.0 Å². The van der Waals surface area contributed by atoms with Crippen molar-refractivity contribution in [2.45, 2.75) is 26.3 Å². The summed E-state index contributed by atoms with van der Waals surface area (Å²) in [5, 5.41) is 3.00. The molecule has 1 aromatic carbocycles. The van der Waals surface area contributed by atoms with E-state index in [9.17, 15) is 9.59 Å². The highest BCUT2D eigenvalue weighted by atomic mass is 35.5. The van der Waals surface area contributed by atoms with Crippen molar-refractivity contribution in [3.05, 3.63) is 34.9 Å². The molecule has 0 aromatic heterocycles. The first-order chi connectivity index (χ1) is 8.21. The van der Waals surface area contributed by atoms with Gasteiger partial charge in [0.25, 0.3) is 5.91 Å². The zero-order chi connectivity index (χ0) is 13.9. The molecule has 5 heteroatoms. The number of hydrogen-bond donors (Lipinski definition) is 1. The fourth-order valence-corrected chi connectivity index (χ4v) is 1.80. The van der Waals surface area contributed by atoms with Crippen LogP contribution in [-0.4, -0.2) is 17.2 Å².